The summed E-state index contributed by atoms with van der Waals surface area (Å²) in [7, 11) is -4.16. The molecule has 0 unspecified atom stereocenters. The van der Waals surface area contributed by atoms with E-state index in [0.29, 0.717) is 5.56 Å². The van der Waals surface area contributed by atoms with Gasteiger partial charge in [-0.3, -0.25) is 19.2 Å². The Morgan fingerprint density at radius 1 is 1.03 bits per heavy atom. The van der Waals surface area contributed by atoms with E-state index in [9.17, 15) is 28.4 Å². The highest BCUT2D eigenvalue weighted by molar-refractivity contribution is 7.92. The third-order valence-corrected chi connectivity index (χ3v) is 6.08. The van der Waals surface area contributed by atoms with Crippen molar-refractivity contribution in [3.8, 4) is 5.75 Å². The van der Waals surface area contributed by atoms with Crippen LogP contribution >= 0.6 is 0 Å². The zero-order valence-electron chi connectivity index (χ0n) is 16.5. The number of hydrazone groups is 1. The van der Waals surface area contributed by atoms with Crippen molar-refractivity contribution in [1.82, 2.24) is 5.43 Å². The summed E-state index contributed by atoms with van der Waals surface area (Å²) in [6.07, 6.45) is 1.22. The summed E-state index contributed by atoms with van der Waals surface area (Å²) in [6, 6.07) is 18.6. The predicted molar refractivity (Wildman–Crippen MR) is 118 cm³/mol. The number of benzene rings is 3. The number of aromatic hydroxyl groups is 1. The summed E-state index contributed by atoms with van der Waals surface area (Å²) in [5.74, 6) is -0.792. The first-order valence-electron chi connectivity index (χ1n) is 9.21. The van der Waals surface area contributed by atoms with Crippen molar-refractivity contribution in [2.75, 3.05) is 10.8 Å². The molecule has 11 heteroatoms. The molecule has 0 spiro atoms. The fraction of sp³-hybridized carbons (Fsp3) is 0.0476. The van der Waals surface area contributed by atoms with E-state index in [1.54, 1.807) is 24.3 Å². The van der Waals surface area contributed by atoms with Crippen molar-refractivity contribution < 1.29 is 23.2 Å². The third-order valence-electron chi connectivity index (χ3n) is 4.30. The highest BCUT2D eigenvalue weighted by atomic mass is 32.2. The molecule has 2 N–H and O–H groups in total. The largest absolute Gasteiger partial charge is 0.507 e. The zero-order chi connectivity index (χ0) is 23.1. The van der Waals surface area contributed by atoms with Gasteiger partial charge in [0.1, 0.15) is 12.3 Å². The smallest absolute Gasteiger partial charge is 0.269 e. The van der Waals surface area contributed by atoms with Crippen LogP contribution < -0.4 is 9.73 Å². The average molecular weight is 454 g/mol. The Kier molecular flexibility index (Phi) is 6.80. The van der Waals surface area contributed by atoms with Crippen LogP contribution in [0.3, 0.4) is 0 Å². The van der Waals surface area contributed by atoms with Gasteiger partial charge in [0.25, 0.3) is 21.6 Å². The van der Waals surface area contributed by atoms with Crippen molar-refractivity contribution in [3.05, 3.63) is 94.5 Å². The number of anilines is 1. The zero-order valence-corrected chi connectivity index (χ0v) is 17.3. The molecule has 0 aliphatic rings. The van der Waals surface area contributed by atoms with Gasteiger partial charge in [-0.25, -0.2) is 13.8 Å². The number of rotatable bonds is 8. The van der Waals surface area contributed by atoms with Gasteiger partial charge in [0.15, 0.2) is 0 Å². The van der Waals surface area contributed by atoms with E-state index >= 15 is 0 Å². The summed E-state index contributed by atoms with van der Waals surface area (Å²) in [5.41, 5.74) is 2.42. The molecule has 10 nitrogen and oxygen atoms in total. The molecule has 32 heavy (non-hydrogen) atoms. The SMILES string of the molecule is O=C(CN(c1ccc([N+](=O)[O-])cc1)S(=O)(=O)c1ccccc1)N/N=C\c1ccccc1O. The minimum absolute atomic E-state index is 0.0374. The Balaban J connectivity index is 1.86. The molecule has 0 fully saturated rings. The number of carbonyl (C=O) groups excluding carboxylic acids is 1. The second-order valence-corrected chi connectivity index (χ2v) is 8.31. The highest BCUT2D eigenvalue weighted by Gasteiger charge is 2.27. The van der Waals surface area contributed by atoms with E-state index in [0.717, 1.165) is 16.4 Å². The molecule has 3 aromatic rings. The van der Waals surface area contributed by atoms with Gasteiger partial charge < -0.3 is 5.11 Å². The van der Waals surface area contributed by atoms with E-state index in [4.69, 9.17) is 0 Å². The monoisotopic (exact) mass is 454 g/mol. The maximum Gasteiger partial charge on any atom is 0.269 e. The first kappa shape index (κ1) is 22.4. The Morgan fingerprint density at radius 2 is 1.66 bits per heavy atom. The number of hydrogen-bond donors (Lipinski definition) is 2. The normalized spacial score (nSPS) is 11.2. The molecule has 0 bridgehead atoms. The van der Waals surface area contributed by atoms with Crippen molar-refractivity contribution in [2.45, 2.75) is 4.90 Å². The van der Waals surface area contributed by atoms with E-state index in [-0.39, 0.29) is 22.0 Å². The van der Waals surface area contributed by atoms with Gasteiger partial charge >= 0.3 is 0 Å². The molecule has 164 valence electrons. The summed E-state index contributed by atoms with van der Waals surface area (Å²) in [6.45, 7) is -0.632. The lowest BCUT2D eigenvalue weighted by molar-refractivity contribution is -0.384. The maximum atomic E-state index is 13.2. The minimum atomic E-state index is -4.16. The molecule has 3 aromatic carbocycles. The number of para-hydroxylation sites is 1. The number of nitrogens with zero attached hydrogens (tertiary/aromatic N) is 3. The molecule has 1 amide bonds. The Hall–Kier alpha value is -4.25. The van der Waals surface area contributed by atoms with E-state index in [1.807, 2.05) is 0 Å². The quantitative estimate of drug-likeness (QED) is 0.304. The lowest BCUT2D eigenvalue weighted by Gasteiger charge is -2.23. The molecule has 3 rings (SSSR count). The van der Waals surface area contributed by atoms with Gasteiger partial charge in [-0.05, 0) is 36.4 Å². The number of phenols is 1. The second-order valence-electron chi connectivity index (χ2n) is 6.45. The van der Waals surface area contributed by atoms with E-state index in [2.05, 4.69) is 10.5 Å². The van der Waals surface area contributed by atoms with Crippen LogP contribution in [0, 0.1) is 10.1 Å². The first-order valence-corrected chi connectivity index (χ1v) is 10.6. The Morgan fingerprint density at radius 3 is 2.28 bits per heavy atom. The molecular weight excluding hydrogens is 436 g/mol. The summed E-state index contributed by atoms with van der Waals surface area (Å²) >= 11 is 0. The minimum Gasteiger partial charge on any atom is -0.507 e. The number of nitrogens with one attached hydrogen (secondary N) is 1. The number of nitro benzene ring substituents is 1. The van der Waals surface area contributed by atoms with Gasteiger partial charge in [0, 0.05) is 17.7 Å². The molecule has 0 radical (unpaired) electrons. The third kappa shape index (κ3) is 5.26. The first-order chi connectivity index (χ1) is 15.3. The number of phenolic OH excluding ortho intramolecular Hbond substituents is 1. The number of amides is 1. The lowest BCUT2D eigenvalue weighted by Crippen LogP contribution is -2.39. The number of hydrogen-bond acceptors (Lipinski definition) is 7. The topological polar surface area (TPSA) is 142 Å². The number of carbonyl (C=O) groups is 1. The second kappa shape index (κ2) is 9.71. The predicted octanol–water partition coefficient (Wildman–Crippen LogP) is 2.65. The molecule has 0 saturated heterocycles. The van der Waals surface area contributed by atoms with Gasteiger partial charge in [0.2, 0.25) is 0 Å². The summed E-state index contributed by atoms with van der Waals surface area (Å²) < 4.78 is 27.2. The average Bonchev–Trinajstić information content (AvgIpc) is 2.79. The number of sulfonamides is 1. The maximum absolute atomic E-state index is 13.2. The fourth-order valence-corrected chi connectivity index (χ4v) is 4.15. The van der Waals surface area contributed by atoms with Gasteiger partial charge in [-0.2, -0.15) is 5.10 Å². The lowest BCUT2D eigenvalue weighted by atomic mass is 10.2. The van der Waals surface area contributed by atoms with Crippen molar-refractivity contribution in [2.24, 2.45) is 5.10 Å². The van der Waals surface area contributed by atoms with Gasteiger partial charge in [-0.15, -0.1) is 0 Å². The van der Waals surface area contributed by atoms with Crippen molar-refractivity contribution >= 4 is 33.5 Å². The van der Waals surface area contributed by atoms with Crippen LogP contribution in [0.4, 0.5) is 11.4 Å². The Labute approximate surface area is 183 Å². The van der Waals surface area contributed by atoms with E-state index in [1.165, 1.54) is 48.7 Å². The molecule has 0 atom stereocenters. The van der Waals surface area contributed by atoms with Crippen LogP contribution in [0.15, 0.2) is 88.9 Å². The summed E-state index contributed by atoms with van der Waals surface area (Å²) in [5, 5.41) is 24.4. The van der Waals surface area contributed by atoms with Gasteiger partial charge in [0.05, 0.1) is 21.7 Å². The van der Waals surface area contributed by atoms with E-state index < -0.39 is 27.4 Å². The van der Waals surface area contributed by atoms with Crippen LogP contribution in [0.2, 0.25) is 0 Å². The molecular formula is C21H18N4O6S. The number of nitro groups is 1. The molecule has 0 heterocycles. The van der Waals surface area contributed by atoms with Crippen LogP contribution in [0.1, 0.15) is 5.56 Å². The van der Waals surface area contributed by atoms with Crippen LogP contribution in [0.25, 0.3) is 0 Å². The number of non-ortho nitro benzene ring substituents is 1. The van der Waals surface area contributed by atoms with Gasteiger partial charge in [-0.1, -0.05) is 30.3 Å². The Bertz CT molecular complexity index is 1240. The van der Waals surface area contributed by atoms with Crippen molar-refractivity contribution in [1.29, 1.82) is 0 Å². The molecule has 0 aliphatic heterocycles. The van der Waals surface area contributed by atoms with Crippen LogP contribution in [-0.4, -0.2) is 37.1 Å². The van der Waals surface area contributed by atoms with Crippen molar-refractivity contribution in [3.63, 3.8) is 0 Å². The molecule has 0 aromatic heterocycles. The molecule has 0 saturated carbocycles. The fourth-order valence-electron chi connectivity index (χ4n) is 2.71. The van der Waals surface area contributed by atoms with Crippen LogP contribution in [0.5, 0.6) is 5.75 Å². The summed E-state index contributed by atoms with van der Waals surface area (Å²) in [4.78, 5) is 22.7. The standard InChI is InChI=1S/C21H18N4O6S/c26-20-9-5-4-6-16(20)14-22-23-21(27)15-24(17-10-12-18(13-11-17)25(28)29)32(30,31)19-7-2-1-3-8-19/h1-14,26H,15H2,(H,23,27)/b22-14-. The molecule has 0 aliphatic carbocycles. The van der Waals surface area contributed by atoms with Crippen LogP contribution in [-0.2, 0) is 14.8 Å². The highest BCUT2D eigenvalue weighted by Crippen LogP contribution is 2.25.